The number of ether oxygens (including phenoxy) is 2. The zero-order valence-electron chi connectivity index (χ0n) is 13.6. The molecule has 0 amide bonds. The van der Waals surface area contributed by atoms with Gasteiger partial charge in [-0.25, -0.2) is 0 Å². The van der Waals surface area contributed by atoms with Crippen molar-refractivity contribution in [2.75, 3.05) is 26.9 Å². The van der Waals surface area contributed by atoms with Crippen LogP contribution >= 0.6 is 15.9 Å². The van der Waals surface area contributed by atoms with Gasteiger partial charge in [-0.3, -0.25) is 0 Å². The first-order chi connectivity index (χ1) is 11.6. The van der Waals surface area contributed by atoms with E-state index in [1.54, 1.807) is 7.11 Å². The Kier molecular flexibility index (Phi) is 5.11. The van der Waals surface area contributed by atoms with Crippen molar-refractivity contribution in [2.24, 2.45) is 5.73 Å². The van der Waals surface area contributed by atoms with Crippen LogP contribution in [0.3, 0.4) is 0 Å². The Morgan fingerprint density at radius 3 is 2.54 bits per heavy atom. The lowest BCUT2D eigenvalue weighted by Crippen LogP contribution is -2.31. The molecule has 1 aliphatic heterocycles. The molecule has 0 aliphatic carbocycles. The first-order valence-electron chi connectivity index (χ1n) is 7.84. The van der Waals surface area contributed by atoms with Crippen molar-refractivity contribution in [1.82, 2.24) is 5.32 Å². The molecule has 1 heterocycles. The van der Waals surface area contributed by atoms with Gasteiger partial charge in [0, 0.05) is 18.1 Å². The number of nitrogens with one attached hydrogen (secondary N) is 1. The van der Waals surface area contributed by atoms with Gasteiger partial charge in [0.15, 0.2) is 0 Å². The lowest BCUT2D eigenvalue weighted by Gasteiger charge is -2.28. The number of benzene rings is 2. The molecule has 0 bridgehead atoms. The number of methoxy groups -OCH3 is 1. The van der Waals surface area contributed by atoms with Crippen LogP contribution in [0.15, 0.2) is 64.9 Å². The molecule has 2 aromatic rings. The van der Waals surface area contributed by atoms with E-state index in [1.807, 2.05) is 24.3 Å². The molecule has 5 heteroatoms. The maximum atomic E-state index is 6.03. The summed E-state index contributed by atoms with van der Waals surface area (Å²) < 4.78 is 11.7. The molecule has 126 valence electrons. The highest BCUT2D eigenvalue weighted by Gasteiger charge is 2.36. The average Bonchev–Trinajstić information content (AvgIpc) is 2.99. The largest absolute Gasteiger partial charge is 0.491 e. The fourth-order valence-electron chi connectivity index (χ4n) is 3.00. The molecule has 0 saturated heterocycles. The average molecular weight is 389 g/mol. The van der Waals surface area contributed by atoms with Gasteiger partial charge in [-0.15, -0.1) is 0 Å². The minimum Gasteiger partial charge on any atom is -0.491 e. The summed E-state index contributed by atoms with van der Waals surface area (Å²) in [5.41, 5.74) is 8.12. The fraction of sp³-hybridized carbons (Fsp3) is 0.263. The predicted octanol–water partition coefficient (Wildman–Crippen LogP) is 3.16. The van der Waals surface area contributed by atoms with Crippen LogP contribution < -0.4 is 15.8 Å². The summed E-state index contributed by atoms with van der Waals surface area (Å²) in [6.45, 7) is 1.85. The standard InChI is InChI=1S/C19H21BrN2O2/c1-23-9-10-24-17-7-5-14(6-8-17)19(12-18(21)22-13-19)15-3-2-4-16(20)11-15/h2-8,11-12,22H,9-10,13,21H2,1H3. The number of nitrogens with two attached hydrogens (primary N) is 1. The molecule has 0 spiro atoms. The Morgan fingerprint density at radius 2 is 1.92 bits per heavy atom. The van der Waals surface area contributed by atoms with E-state index >= 15 is 0 Å². The topological polar surface area (TPSA) is 56.5 Å². The van der Waals surface area contributed by atoms with Gasteiger partial charge in [0.05, 0.1) is 17.8 Å². The van der Waals surface area contributed by atoms with Gasteiger partial charge in [0.25, 0.3) is 0 Å². The van der Waals surface area contributed by atoms with Crippen LogP contribution in [0.2, 0.25) is 0 Å². The van der Waals surface area contributed by atoms with Crippen molar-refractivity contribution in [3.05, 3.63) is 76.0 Å². The van der Waals surface area contributed by atoms with Crippen LogP contribution in [-0.2, 0) is 10.2 Å². The Hall–Kier alpha value is -1.98. The molecule has 0 saturated carbocycles. The Labute approximate surface area is 150 Å². The molecule has 3 rings (SSSR count). The van der Waals surface area contributed by atoms with Crippen molar-refractivity contribution in [3.8, 4) is 5.75 Å². The van der Waals surface area contributed by atoms with Crippen LogP contribution in [0.1, 0.15) is 11.1 Å². The van der Waals surface area contributed by atoms with Crippen LogP contribution in [0.25, 0.3) is 0 Å². The highest BCUT2D eigenvalue weighted by atomic mass is 79.9. The van der Waals surface area contributed by atoms with Crippen LogP contribution in [0.4, 0.5) is 0 Å². The SMILES string of the molecule is COCCOc1ccc(C2(c3cccc(Br)c3)C=C(N)NC2)cc1. The van der Waals surface area contributed by atoms with Gasteiger partial charge in [-0.05, 0) is 41.5 Å². The number of hydrogen-bond donors (Lipinski definition) is 2. The normalized spacial score (nSPS) is 19.7. The molecule has 1 unspecified atom stereocenters. The van der Waals surface area contributed by atoms with Crippen molar-refractivity contribution in [1.29, 1.82) is 0 Å². The molecular formula is C19H21BrN2O2. The van der Waals surface area contributed by atoms with Gasteiger partial charge in [0.1, 0.15) is 12.4 Å². The van der Waals surface area contributed by atoms with E-state index in [0.717, 1.165) is 16.8 Å². The molecular weight excluding hydrogens is 368 g/mol. The van der Waals surface area contributed by atoms with E-state index in [4.69, 9.17) is 15.2 Å². The third-order valence-corrected chi connectivity index (χ3v) is 4.73. The molecule has 2 aromatic carbocycles. The van der Waals surface area contributed by atoms with E-state index < -0.39 is 0 Å². The minimum absolute atomic E-state index is 0.279. The summed E-state index contributed by atoms with van der Waals surface area (Å²) in [5.74, 6) is 1.54. The first kappa shape index (κ1) is 16.9. The lowest BCUT2D eigenvalue weighted by molar-refractivity contribution is 0.146. The molecule has 0 aromatic heterocycles. The zero-order valence-corrected chi connectivity index (χ0v) is 15.2. The highest BCUT2D eigenvalue weighted by molar-refractivity contribution is 9.10. The van der Waals surface area contributed by atoms with Crippen LogP contribution in [0.5, 0.6) is 5.75 Å². The molecule has 1 atom stereocenters. The van der Waals surface area contributed by atoms with E-state index in [9.17, 15) is 0 Å². The van der Waals surface area contributed by atoms with Gasteiger partial charge in [0.2, 0.25) is 0 Å². The van der Waals surface area contributed by atoms with Crippen molar-refractivity contribution in [3.63, 3.8) is 0 Å². The number of rotatable bonds is 6. The number of hydrogen-bond acceptors (Lipinski definition) is 4. The summed E-state index contributed by atoms with van der Waals surface area (Å²) in [4.78, 5) is 0. The maximum Gasteiger partial charge on any atom is 0.119 e. The molecule has 1 aliphatic rings. The van der Waals surface area contributed by atoms with Crippen LogP contribution in [0, 0.1) is 0 Å². The van der Waals surface area contributed by atoms with Crippen molar-refractivity contribution >= 4 is 15.9 Å². The second-order valence-electron chi connectivity index (χ2n) is 5.80. The summed E-state index contributed by atoms with van der Waals surface area (Å²) in [5, 5.41) is 3.26. The first-order valence-corrected chi connectivity index (χ1v) is 8.64. The van der Waals surface area contributed by atoms with Gasteiger partial charge in [-0.2, -0.15) is 0 Å². The van der Waals surface area contributed by atoms with Crippen LogP contribution in [-0.4, -0.2) is 26.9 Å². The summed E-state index contributed by atoms with van der Waals surface area (Å²) >= 11 is 3.56. The fourth-order valence-corrected chi connectivity index (χ4v) is 3.40. The van der Waals surface area contributed by atoms with E-state index in [-0.39, 0.29) is 5.41 Å². The molecule has 0 radical (unpaired) electrons. The third kappa shape index (κ3) is 3.42. The van der Waals surface area contributed by atoms with E-state index in [1.165, 1.54) is 11.1 Å². The van der Waals surface area contributed by atoms with Gasteiger partial charge in [-0.1, -0.05) is 40.2 Å². The third-order valence-electron chi connectivity index (χ3n) is 4.24. The molecule has 24 heavy (non-hydrogen) atoms. The molecule has 4 nitrogen and oxygen atoms in total. The summed E-state index contributed by atoms with van der Waals surface area (Å²) in [6.07, 6.45) is 2.09. The zero-order chi connectivity index (χ0) is 17.0. The second kappa shape index (κ2) is 7.28. The molecule has 0 fully saturated rings. The predicted molar refractivity (Wildman–Crippen MR) is 99.0 cm³/mol. The lowest BCUT2D eigenvalue weighted by atomic mass is 9.75. The number of halogens is 1. The van der Waals surface area contributed by atoms with Crippen molar-refractivity contribution < 1.29 is 9.47 Å². The highest BCUT2D eigenvalue weighted by Crippen LogP contribution is 2.38. The summed E-state index contributed by atoms with van der Waals surface area (Å²) in [7, 11) is 1.66. The monoisotopic (exact) mass is 388 g/mol. The Morgan fingerprint density at radius 1 is 1.12 bits per heavy atom. The maximum absolute atomic E-state index is 6.03. The second-order valence-corrected chi connectivity index (χ2v) is 6.72. The quantitative estimate of drug-likeness (QED) is 0.746. The Balaban J connectivity index is 1.93. The molecule has 3 N–H and O–H groups in total. The van der Waals surface area contributed by atoms with Gasteiger partial charge < -0.3 is 20.5 Å². The minimum atomic E-state index is -0.279. The summed E-state index contributed by atoms with van der Waals surface area (Å²) in [6, 6.07) is 16.5. The van der Waals surface area contributed by atoms with E-state index in [0.29, 0.717) is 19.0 Å². The van der Waals surface area contributed by atoms with E-state index in [2.05, 4.69) is 51.6 Å². The Bertz CT molecular complexity index is 730. The van der Waals surface area contributed by atoms with Crippen molar-refractivity contribution in [2.45, 2.75) is 5.41 Å². The smallest absolute Gasteiger partial charge is 0.119 e. The van der Waals surface area contributed by atoms with Gasteiger partial charge >= 0.3 is 0 Å².